The van der Waals surface area contributed by atoms with Crippen LogP contribution in [0.3, 0.4) is 0 Å². The number of rotatable bonds is 4. The maximum atomic E-state index is 10.9. The molecule has 1 unspecified atom stereocenters. The molecule has 21 heavy (non-hydrogen) atoms. The molecule has 2 rings (SSSR count). The molecule has 0 amide bonds. The maximum Gasteiger partial charge on any atom is 0.0950 e. The molecule has 2 nitrogen and oxygen atoms in total. The van der Waals surface area contributed by atoms with Gasteiger partial charge in [-0.15, -0.1) is 11.3 Å². The van der Waals surface area contributed by atoms with E-state index in [1.165, 1.54) is 17.7 Å². The van der Waals surface area contributed by atoms with E-state index in [1.54, 1.807) is 11.3 Å². The molecule has 0 spiro atoms. The molecular formula is C18H31NOS. The van der Waals surface area contributed by atoms with Crippen molar-refractivity contribution in [1.29, 1.82) is 0 Å². The molecule has 120 valence electrons. The molecule has 0 radical (unpaired) electrons. The molecule has 1 aliphatic carbocycles. The highest BCUT2D eigenvalue weighted by Gasteiger charge is 2.43. The van der Waals surface area contributed by atoms with E-state index in [4.69, 9.17) is 5.73 Å². The molecule has 0 aliphatic heterocycles. The SMILES string of the molecule is CCc1ccc(C(O)C2(CN)CCC(C(C)(C)C)CC2)s1. The van der Waals surface area contributed by atoms with Gasteiger partial charge in [0.1, 0.15) is 0 Å². The molecule has 0 saturated heterocycles. The van der Waals surface area contributed by atoms with Crippen molar-refractivity contribution < 1.29 is 5.11 Å². The smallest absolute Gasteiger partial charge is 0.0950 e. The second kappa shape index (κ2) is 6.39. The van der Waals surface area contributed by atoms with Crippen LogP contribution in [0, 0.1) is 16.7 Å². The summed E-state index contributed by atoms with van der Waals surface area (Å²) in [4.78, 5) is 2.45. The quantitative estimate of drug-likeness (QED) is 0.858. The zero-order valence-corrected chi connectivity index (χ0v) is 14.8. The molecule has 3 N–H and O–H groups in total. The highest BCUT2D eigenvalue weighted by Crippen LogP contribution is 2.51. The first-order valence-electron chi connectivity index (χ1n) is 8.29. The number of hydrogen-bond acceptors (Lipinski definition) is 3. The first kappa shape index (κ1) is 17.0. The molecule has 0 aromatic carbocycles. The van der Waals surface area contributed by atoms with Crippen LogP contribution in [0.1, 0.15) is 69.2 Å². The monoisotopic (exact) mass is 309 g/mol. The van der Waals surface area contributed by atoms with Gasteiger partial charge in [-0.1, -0.05) is 27.7 Å². The van der Waals surface area contributed by atoms with E-state index in [-0.39, 0.29) is 5.41 Å². The summed E-state index contributed by atoms with van der Waals surface area (Å²) < 4.78 is 0. The second-order valence-electron chi connectivity index (χ2n) is 7.77. The molecule has 1 saturated carbocycles. The molecule has 0 bridgehead atoms. The Balaban J connectivity index is 2.12. The molecule has 1 fully saturated rings. The van der Waals surface area contributed by atoms with Gasteiger partial charge in [0.2, 0.25) is 0 Å². The van der Waals surface area contributed by atoms with Crippen molar-refractivity contribution in [2.24, 2.45) is 22.5 Å². The van der Waals surface area contributed by atoms with Crippen LogP contribution in [0.2, 0.25) is 0 Å². The van der Waals surface area contributed by atoms with Crippen molar-refractivity contribution in [2.75, 3.05) is 6.54 Å². The van der Waals surface area contributed by atoms with Gasteiger partial charge < -0.3 is 10.8 Å². The summed E-state index contributed by atoms with van der Waals surface area (Å²) >= 11 is 1.75. The second-order valence-corrected chi connectivity index (χ2v) is 8.97. The summed E-state index contributed by atoms with van der Waals surface area (Å²) in [7, 11) is 0. The number of aliphatic hydroxyl groups is 1. The van der Waals surface area contributed by atoms with Crippen molar-refractivity contribution in [3.8, 4) is 0 Å². The number of hydrogen-bond donors (Lipinski definition) is 2. The van der Waals surface area contributed by atoms with Crippen molar-refractivity contribution >= 4 is 11.3 Å². The van der Waals surface area contributed by atoms with Gasteiger partial charge in [0.15, 0.2) is 0 Å². The summed E-state index contributed by atoms with van der Waals surface area (Å²) in [5.74, 6) is 0.749. The van der Waals surface area contributed by atoms with Gasteiger partial charge in [-0.05, 0) is 55.6 Å². The highest BCUT2D eigenvalue weighted by atomic mass is 32.1. The Kier molecular flexibility index (Phi) is 5.17. The van der Waals surface area contributed by atoms with E-state index in [1.807, 2.05) is 0 Å². The summed E-state index contributed by atoms with van der Waals surface area (Å²) in [6.07, 6.45) is 5.11. The average molecular weight is 310 g/mol. The fraction of sp³-hybridized carbons (Fsp3) is 0.778. The van der Waals surface area contributed by atoms with Crippen molar-refractivity contribution in [2.45, 2.75) is 65.9 Å². The zero-order chi connectivity index (χ0) is 15.7. The van der Waals surface area contributed by atoms with E-state index in [0.717, 1.165) is 30.1 Å². The molecule has 1 heterocycles. The van der Waals surface area contributed by atoms with Crippen molar-refractivity contribution in [1.82, 2.24) is 0 Å². The summed E-state index contributed by atoms with van der Waals surface area (Å²) in [5, 5.41) is 10.9. The largest absolute Gasteiger partial charge is 0.387 e. The normalized spacial score (nSPS) is 28.6. The van der Waals surface area contributed by atoms with Crippen molar-refractivity contribution in [3.63, 3.8) is 0 Å². The number of nitrogens with two attached hydrogens (primary N) is 1. The Morgan fingerprint density at radius 2 is 1.95 bits per heavy atom. The lowest BCUT2D eigenvalue weighted by atomic mass is 9.62. The Bertz CT molecular complexity index is 452. The molecule has 1 aromatic rings. The first-order valence-corrected chi connectivity index (χ1v) is 9.11. The molecular weight excluding hydrogens is 278 g/mol. The lowest BCUT2D eigenvalue weighted by Gasteiger charge is -2.45. The van der Waals surface area contributed by atoms with Gasteiger partial charge in [-0.25, -0.2) is 0 Å². The fourth-order valence-corrected chi connectivity index (χ4v) is 4.76. The third kappa shape index (κ3) is 3.52. The van der Waals surface area contributed by atoms with Gasteiger partial charge in [0.05, 0.1) is 6.10 Å². The Morgan fingerprint density at radius 3 is 2.38 bits per heavy atom. The Morgan fingerprint density at radius 1 is 1.33 bits per heavy atom. The van der Waals surface area contributed by atoms with Gasteiger partial charge >= 0.3 is 0 Å². The Labute approximate surface area is 133 Å². The van der Waals surface area contributed by atoms with E-state index in [0.29, 0.717) is 12.0 Å². The topological polar surface area (TPSA) is 46.2 Å². The minimum absolute atomic E-state index is 0.113. The van der Waals surface area contributed by atoms with Crippen LogP contribution >= 0.6 is 11.3 Å². The summed E-state index contributed by atoms with van der Waals surface area (Å²) in [5.41, 5.74) is 6.37. The van der Waals surface area contributed by atoms with E-state index in [2.05, 4.69) is 39.8 Å². The van der Waals surface area contributed by atoms with Crippen LogP contribution in [0.4, 0.5) is 0 Å². The molecule has 1 aromatic heterocycles. The number of aryl methyl sites for hydroxylation is 1. The Hall–Kier alpha value is -0.380. The number of thiophene rings is 1. The predicted molar refractivity (Wildman–Crippen MR) is 91.6 cm³/mol. The summed E-state index contributed by atoms with van der Waals surface area (Å²) in [6, 6.07) is 4.25. The van der Waals surface area contributed by atoms with Crippen molar-refractivity contribution in [3.05, 3.63) is 21.9 Å². The third-order valence-electron chi connectivity index (χ3n) is 5.49. The third-order valence-corrected chi connectivity index (χ3v) is 6.78. The van der Waals surface area contributed by atoms with Crippen LogP contribution in [0.15, 0.2) is 12.1 Å². The van der Waals surface area contributed by atoms with Crippen LogP contribution in [0.25, 0.3) is 0 Å². The first-order chi connectivity index (χ1) is 9.82. The van der Waals surface area contributed by atoms with Crippen LogP contribution < -0.4 is 5.73 Å². The fourth-order valence-electron chi connectivity index (χ4n) is 3.68. The van der Waals surface area contributed by atoms with Gasteiger partial charge in [-0.2, -0.15) is 0 Å². The zero-order valence-electron chi connectivity index (χ0n) is 14.0. The maximum absolute atomic E-state index is 10.9. The van der Waals surface area contributed by atoms with Crippen LogP contribution in [-0.4, -0.2) is 11.7 Å². The average Bonchev–Trinajstić information content (AvgIpc) is 2.94. The molecule has 1 aliphatic rings. The predicted octanol–water partition coefficient (Wildman–Crippen LogP) is 4.53. The standard InChI is InChI=1S/C18H31NOS/c1-5-14-6-7-15(21-14)16(20)18(12-19)10-8-13(9-11-18)17(2,3)4/h6-7,13,16,20H,5,8-12,19H2,1-4H3. The highest BCUT2D eigenvalue weighted by molar-refractivity contribution is 7.12. The molecule has 1 atom stereocenters. The minimum Gasteiger partial charge on any atom is -0.387 e. The lowest BCUT2D eigenvalue weighted by molar-refractivity contribution is -0.0214. The van der Waals surface area contributed by atoms with Crippen LogP contribution in [-0.2, 0) is 6.42 Å². The van der Waals surface area contributed by atoms with Crippen LogP contribution in [0.5, 0.6) is 0 Å². The van der Waals surface area contributed by atoms with Gasteiger partial charge in [0.25, 0.3) is 0 Å². The number of aliphatic hydroxyl groups excluding tert-OH is 1. The summed E-state index contributed by atoms with van der Waals surface area (Å²) in [6.45, 7) is 9.74. The van der Waals surface area contributed by atoms with E-state index in [9.17, 15) is 5.11 Å². The molecule has 3 heteroatoms. The minimum atomic E-state index is -0.395. The van der Waals surface area contributed by atoms with E-state index < -0.39 is 6.10 Å². The van der Waals surface area contributed by atoms with E-state index >= 15 is 0 Å². The lowest BCUT2D eigenvalue weighted by Crippen LogP contribution is -2.41. The van der Waals surface area contributed by atoms with Gasteiger partial charge in [0, 0.05) is 21.7 Å². The van der Waals surface area contributed by atoms with Gasteiger partial charge in [-0.3, -0.25) is 0 Å².